The monoisotopic (exact) mass is 279 g/mol. The second-order valence-corrected chi connectivity index (χ2v) is 7.40. The molecule has 0 amide bonds. The van der Waals surface area contributed by atoms with Gasteiger partial charge in [0.05, 0.1) is 10.9 Å². The van der Waals surface area contributed by atoms with E-state index in [1.807, 2.05) is 6.92 Å². The third-order valence-electron chi connectivity index (χ3n) is 4.14. The Morgan fingerprint density at radius 3 is 2.58 bits per heavy atom. The smallest absolute Gasteiger partial charge is 0.243 e. The summed E-state index contributed by atoms with van der Waals surface area (Å²) >= 11 is 0. The minimum atomic E-state index is -3.53. The Morgan fingerprint density at radius 1 is 1.21 bits per heavy atom. The molecule has 1 heterocycles. The molecular formula is C14H17NO3S. The van der Waals surface area contributed by atoms with Crippen molar-refractivity contribution in [3.05, 3.63) is 29.8 Å². The molecule has 1 saturated carbocycles. The van der Waals surface area contributed by atoms with Crippen LogP contribution in [0.25, 0.3) is 0 Å². The number of rotatable bonds is 2. The number of ketones is 1. The topological polar surface area (TPSA) is 54.5 Å². The molecule has 1 aliphatic heterocycles. The van der Waals surface area contributed by atoms with Crippen LogP contribution in [0.2, 0.25) is 0 Å². The molecule has 5 heteroatoms. The van der Waals surface area contributed by atoms with E-state index in [4.69, 9.17) is 0 Å². The molecule has 102 valence electrons. The van der Waals surface area contributed by atoms with E-state index in [2.05, 4.69) is 0 Å². The zero-order valence-corrected chi connectivity index (χ0v) is 11.7. The highest BCUT2D eigenvalue weighted by atomic mass is 32.2. The maximum atomic E-state index is 12.6. The van der Waals surface area contributed by atoms with E-state index < -0.39 is 16.1 Å². The quantitative estimate of drug-likeness (QED) is 0.828. The summed E-state index contributed by atoms with van der Waals surface area (Å²) in [5, 5.41) is 0. The molecule has 4 nitrogen and oxygen atoms in total. The van der Waals surface area contributed by atoms with Gasteiger partial charge in [-0.1, -0.05) is 17.7 Å². The third-order valence-corrected chi connectivity index (χ3v) is 6.03. The average Bonchev–Trinajstić information content (AvgIpc) is 2.75. The van der Waals surface area contributed by atoms with Crippen molar-refractivity contribution in [1.82, 2.24) is 4.31 Å². The lowest BCUT2D eigenvalue weighted by atomic mass is 9.90. The number of aryl methyl sites for hydroxylation is 1. The van der Waals surface area contributed by atoms with Crippen LogP contribution in [-0.4, -0.2) is 31.1 Å². The van der Waals surface area contributed by atoms with Crippen molar-refractivity contribution in [3.63, 3.8) is 0 Å². The maximum Gasteiger partial charge on any atom is 0.243 e. The highest BCUT2D eigenvalue weighted by Crippen LogP contribution is 2.36. The largest absolute Gasteiger partial charge is 0.298 e. The fourth-order valence-corrected chi connectivity index (χ4v) is 4.71. The molecule has 1 aliphatic carbocycles. The number of sulfonamides is 1. The lowest BCUT2D eigenvalue weighted by Crippen LogP contribution is -2.40. The Morgan fingerprint density at radius 2 is 1.89 bits per heavy atom. The van der Waals surface area contributed by atoms with E-state index in [1.165, 1.54) is 4.31 Å². The summed E-state index contributed by atoms with van der Waals surface area (Å²) in [6.07, 6.45) is 2.05. The number of benzene rings is 1. The number of carbonyl (C=O) groups excluding carboxylic acids is 1. The predicted molar refractivity (Wildman–Crippen MR) is 71.2 cm³/mol. The Labute approximate surface area is 113 Å². The Kier molecular flexibility index (Phi) is 2.98. The Hall–Kier alpha value is -1.20. The first-order valence-electron chi connectivity index (χ1n) is 6.60. The van der Waals surface area contributed by atoms with Gasteiger partial charge in [0, 0.05) is 13.0 Å². The zero-order valence-electron chi connectivity index (χ0n) is 10.9. The first-order valence-corrected chi connectivity index (χ1v) is 8.04. The van der Waals surface area contributed by atoms with Crippen LogP contribution < -0.4 is 0 Å². The molecule has 19 heavy (non-hydrogen) atoms. The molecule has 1 saturated heterocycles. The van der Waals surface area contributed by atoms with Gasteiger partial charge < -0.3 is 0 Å². The lowest BCUT2D eigenvalue weighted by molar-refractivity contribution is -0.123. The molecule has 3 rings (SSSR count). The fraction of sp³-hybridized carbons (Fsp3) is 0.500. The number of fused-ring (bicyclic) bond motifs is 2. The molecule has 0 aromatic heterocycles. The van der Waals surface area contributed by atoms with Crippen LogP contribution in [-0.2, 0) is 14.8 Å². The molecule has 0 spiro atoms. The molecule has 0 radical (unpaired) electrons. The second kappa shape index (κ2) is 4.42. The summed E-state index contributed by atoms with van der Waals surface area (Å²) in [7, 11) is -3.53. The van der Waals surface area contributed by atoms with E-state index in [9.17, 15) is 13.2 Å². The van der Waals surface area contributed by atoms with Gasteiger partial charge in [-0.2, -0.15) is 4.31 Å². The van der Waals surface area contributed by atoms with Crippen LogP contribution in [0.1, 0.15) is 24.8 Å². The van der Waals surface area contributed by atoms with Gasteiger partial charge in [0.2, 0.25) is 10.0 Å². The fourth-order valence-electron chi connectivity index (χ4n) is 3.02. The maximum absolute atomic E-state index is 12.6. The average molecular weight is 279 g/mol. The highest BCUT2D eigenvalue weighted by molar-refractivity contribution is 7.89. The normalized spacial score (nSPS) is 27.7. The minimum Gasteiger partial charge on any atom is -0.298 e. The van der Waals surface area contributed by atoms with Crippen LogP contribution in [0.3, 0.4) is 0 Å². The van der Waals surface area contributed by atoms with Gasteiger partial charge in [-0.25, -0.2) is 8.42 Å². The number of Topliss-reactive ketones (excluding diaryl/α,β-unsaturated/α-hetero) is 1. The van der Waals surface area contributed by atoms with Gasteiger partial charge in [0.15, 0.2) is 5.78 Å². The molecule has 2 fully saturated rings. The molecule has 1 aromatic carbocycles. The van der Waals surface area contributed by atoms with Gasteiger partial charge in [0.1, 0.15) is 0 Å². The number of nitrogens with zero attached hydrogens (tertiary/aromatic N) is 1. The van der Waals surface area contributed by atoms with Gasteiger partial charge in [-0.05, 0) is 37.8 Å². The first kappa shape index (κ1) is 12.8. The van der Waals surface area contributed by atoms with Crippen molar-refractivity contribution >= 4 is 15.8 Å². The predicted octanol–water partition coefficient (Wildman–Crippen LogP) is 1.74. The van der Waals surface area contributed by atoms with Crippen molar-refractivity contribution < 1.29 is 13.2 Å². The van der Waals surface area contributed by atoms with Crippen LogP contribution in [0, 0.1) is 12.8 Å². The lowest BCUT2D eigenvalue weighted by Gasteiger charge is -2.23. The summed E-state index contributed by atoms with van der Waals surface area (Å²) in [5.74, 6) is 0.423. The number of hydrogen-bond acceptors (Lipinski definition) is 3. The van der Waals surface area contributed by atoms with Crippen LogP contribution in [0.15, 0.2) is 29.2 Å². The second-order valence-electron chi connectivity index (χ2n) is 5.51. The van der Waals surface area contributed by atoms with E-state index >= 15 is 0 Å². The SMILES string of the molecule is Cc1ccc(S(=O)(=O)N2C[C@H]3CCC(=O)[C@@H]2C3)cc1. The molecule has 2 aliphatic rings. The summed E-state index contributed by atoms with van der Waals surface area (Å²) in [4.78, 5) is 12.2. The van der Waals surface area contributed by atoms with Crippen molar-refractivity contribution in [1.29, 1.82) is 0 Å². The van der Waals surface area contributed by atoms with Crippen LogP contribution in [0.5, 0.6) is 0 Å². The van der Waals surface area contributed by atoms with E-state index in [0.717, 1.165) is 12.0 Å². The Bertz CT molecular complexity index is 606. The summed E-state index contributed by atoms with van der Waals surface area (Å²) in [5.41, 5.74) is 1.02. The zero-order chi connectivity index (χ0) is 13.6. The molecule has 2 atom stereocenters. The van der Waals surface area contributed by atoms with Gasteiger partial charge in [-0.15, -0.1) is 0 Å². The van der Waals surface area contributed by atoms with Gasteiger partial charge in [0.25, 0.3) is 0 Å². The summed E-state index contributed by atoms with van der Waals surface area (Å²) < 4.78 is 26.6. The summed E-state index contributed by atoms with van der Waals surface area (Å²) in [6, 6.07) is 6.40. The highest BCUT2D eigenvalue weighted by Gasteiger charge is 2.46. The van der Waals surface area contributed by atoms with E-state index in [-0.39, 0.29) is 5.78 Å². The van der Waals surface area contributed by atoms with Gasteiger partial charge in [-0.3, -0.25) is 4.79 Å². The minimum absolute atomic E-state index is 0.0736. The van der Waals surface area contributed by atoms with Crippen molar-refractivity contribution in [2.75, 3.05) is 6.54 Å². The molecular weight excluding hydrogens is 262 g/mol. The first-order chi connectivity index (χ1) is 8.98. The van der Waals surface area contributed by atoms with Crippen molar-refractivity contribution in [2.45, 2.75) is 37.1 Å². The Balaban J connectivity index is 1.97. The van der Waals surface area contributed by atoms with Crippen molar-refractivity contribution in [2.24, 2.45) is 5.92 Å². The molecule has 1 aromatic rings. The van der Waals surface area contributed by atoms with E-state index in [0.29, 0.717) is 30.2 Å². The summed E-state index contributed by atoms with van der Waals surface area (Å²) in [6.45, 7) is 2.41. The molecule has 0 N–H and O–H groups in total. The van der Waals surface area contributed by atoms with Gasteiger partial charge >= 0.3 is 0 Å². The van der Waals surface area contributed by atoms with Crippen LogP contribution >= 0.6 is 0 Å². The number of hydrogen-bond donors (Lipinski definition) is 0. The standard InChI is InChI=1S/C14H17NO3S/c1-10-2-5-12(6-3-10)19(17,18)15-9-11-4-7-14(16)13(15)8-11/h2-3,5-6,11,13H,4,7-9H2,1H3/t11-,13-/m0/s1. The molecule has 0 unspecified atom stereocenters. The third kappa shape index (κ3) is 2.11. The van der Waals surface area contributed by atoms with Crippen LogP contribution in [0.4, 0.5) is 0 Å². The van der Waals surface area contributed by atoms with Crippen molar-refractivity contribution in [3.8, 4) is 0 Å². The molecule has 2 bridgehead atoms. The van der Waals surface area contributed by atoms with E-state index in [1.54, 1.807) is 24.3 Å². The number of carbonyl (C=O) groups is 1.